The van der Waals surface area contributed by atoms with E-state index in [9.17, 15) is 29.9 Å². The van der Waals surface area contributed by atoms with Crippen LogP contribution >= 0.6 is 0 Å². The number of nitro benzene ring substituents is 1. The molecule has 0 aliphatic heterocycles. The van der Waals surface area contributed by atoms with E-state index in [2.05, 4.69) is 17.2 Å². The molecular formula is C29H33N3O6. The van der Waals surface area contributed by atoms with Gasteiger partial charge in [-0.2, -0.15) is 0 Å². The van der Waals surface area contributed by atoms with E-state index in [1.54, 1.807) is 0 Å². The lowest BCUT2D eigenvalue weighted by Gasteiger charge is -2.27. The summed E-state index contributed by atoms with van der Waals surface area (Å²) in [6, 6.07) is 14.4. The van der Waals surface area contributed by atoms with Crippen molar-refractivity contribution < 1.29 is 24.7 Å². The zero-order valence-corrected chi connectivity index (χ0v) is 21.0. The number of aliphatic hydroxyl groups is 2. The van der Waals surface area contributed by atoms with Gasteiger partial charge in [-0.1, -0.05) is 78.9 Å². The topological polar surface area (TPSA) is 142 Å². The fourth-order valence-corrected chi connectivity index (χ4v) is 4.31. The molecule has 1 aliphatic rings. The van der Waals surface area contributed by atoms with Crippen molar-refractivity contribution in [2.75, 3.05) is 6.54 Å². The Bertz CT molecular complexity index is 1190. The Kier molecular flexibility index (Phi) is 10.5. The first-order valence-electron chi connectivity index (χ1n) is 12.5. The first-order chi connectivity index (χ1) is 18.2. The van der Waals surface area contributed by atoms with Crippen molar-refractivity contribution >= 4 is 17.5 Å². The lowest BCUT2D eigenvalue weighted by molar-refractivity contribution is -0.385. The van der Waals surface area contributed by atoms with Gasteiger partial charge in [0.05, 0.1) is 23.2 Å². The molecule has 0 spiro atoms. The molecule has 2 amide bonds. The highest BCUT2D eigenvalue weighted by Gasteiger charge is 2.28. The third-order valence-electron chi connectivity index (χ3n) is 6.33. The number of amides is 2. The molecule has 0 saturated carbocycles. The first-order valence-corrected chi connectivity index (χ1v) is 12.5. The lowest BCUT2D eigenvalue weighted by atomic mass is 9.91. The van der Waals surface area contributed by atoms with Crippen LogP contribution in [0.4, 0.5) is 5.69 Å². The van der Waals surface area contributed by atoms with Gasteiger partial charge in [0, 0.05) is 18.5 Å². The Hall–Kier alpha value is -4.08. The van der Waals surface area contributed by atoms with E-state index >= 15 is 0 Å². The van der Waals surface area contributed by atoms with Crippen molar-refractivity contribution in [3.05, 3.63) is 112 Å². The predicted octanol–water partition coefficient (Wildman–Crippen LogP) is 3.24. The van der Waals surface area contributed by atoms with Crippen LogP contribution in [0.15, 0.2) is 91.1 Å². The van der Waals surface area contributed by atoms with Gasteiger partial charge in [-0.25, -0.2) is 0 Å². The van der Waals surface area contributed by atoms with E-state index in [1.807, 2.05) is 54.6 Å². The van der Waals surface area contributed by atoms with Gasteiger partial charge in [-0.05, 0) is 37.3 Å². The summed E-state index contributed by atoms with van der Waals surface area (Å²) in [5.41, 5.74) is 1.20. The van der Waals surface area contributed by atoms with E-state index < -0.39 is 35.0 Å². The fourth-order valence-electron chi connectivity index (χ4n) is 4.31. The van der Waals surface area contributed by atoms with Gasteiger partial charge in [-0.3, -0.25) is 19.7 Å². The second-order valence-corrected chi connectivity index (χ2v) is 9.33. The maximum absolute atomic E-state index is 13.4. The summed E-state index contributed by atoms with van der Waals surface area (Å²) >= 11 is 0. The molecule has 0 heterocycles. The summed E-state index contributed by atoms with van der Waals surface area (Å²) in [4.78, 5) is 36.5. The number of benzene rings is 2. The van der Waals surface area contributed by atoms with Crippen molar-refractivity contribution in [1.82, 2.24) is 10.6 Å². The SMILES string of the molecule is C=C1/C=C\C=C/C[C@H](NC(=O)[C@H](Cc2ccccc2)C[C@H](O)CNC(=O)c2ccccc2[N+](=O)[O-])[C@H](O)C1. The van der Waals surface area contributed by atoms with Gasteiger partial charge in [0.1, 0.15) is 5.56 Å². The minimum atomic E-state index is -1.09. The Morgan fingerprint density at radius 3 is 2.55 bits per heavy atom. The van der Waals surface area contributed by atoms with E-state index in [4.69, 9.17) is 0 Å². The summed E-state index contributed by atoms with van der Waals surface area (Å²) < 4.78 is 0. The number of rotatable bonds is 10. The van der Waals surface area contributed by atoms with Gasteiger partial charge in [0.25, 0.3) is 11.6 Å². The molecule has 9 heteroatoms. The summed E-state index contributed by atoms with van der Waals surface area (Å²) in [7, 11) is 0. The molecule has 2 aromatic rings. The number of hydrogen-bond acceptors (Lipinski definition) is 6. The number of carbonyl (C=O) groups is 2. The lowest BCUT2D eigenvalue weighted by Crippen LogP contribution is -2.47. The monoisotopic (exact) mass is 519 g/mol. The molecule has 1 aliphatic carbocycles. The molecule has 4 atom stereocenters. The van der Waals surface area contributed by atoms with Crippen LogP contribution in [0, 0.1) is 16.0 Å². The highest BCUT2D eigenvalue weighted by Crippen LogP contribution is 2.20. The van der Waals surface area contributed by atoms with E-state index in [1.165, 1.54) is 24.3 Å². The Labute approximate surface area is 221 Å². The summed E-state index contributed by atoms with van der Waals surface area (Å²) in [5, 5.41) is 38.1. The normalized spacial score (nSPS) is 20.6. The summed E-state index contributed by atoms with van der Waals surface area (Å²) in [6.07, 6.45) is 6.56. The molecule has 0 saturated heterocycles. The Morgan fingerprint density at radius 2 is 1.82 bits per heavy atom. The zero-order chi connectivity index (χ0) is 27.5. The minimum Gasteiger partial charge on any atom is -0.391 e. The largest absolute Gasteiger partial charge is 0.391 e. The molecule has 0 aromatic heterocycles. The molecule has 4 N–H and O–H groups in total. The van der Waals surface area contributed by atoms with Gasteiger partial charge in [0.15, 0.2) is 0 Å². The standard InChI is InChI=1S/C29H33N3O6/c1-20-10-4-2-7-14-25(27(34)16-20)31-28(35)22(17-21-11-5-3-6-12-21)18-23(33)19-30-29(36)24-13-8-9-15-26(24)32(37)38/h2-13,15,22-23,25,27,33-34H,1,14,16-19H2,(H,30,36)(H,31,35)/b7-2-,10-4-/t22-,23+,25+,27-/m1/s1. The van der Waals surface area contributed by atoms with Gasteiger partial charge >= 0.3 is 0 Å². The molecule has 0 unspecified atom stereocenters. The highest BCUT2D eigenvalue weighted by atomic mass is 16.6. The van der Waals surface area contributed by atoms with Gasteiger partial charge in [0.2, 0.25) is 5.91 Å². The molecule has 0 bridgehead atoms. The number of carbonyl (C=O) groups excluding carboxylic acids is 2. The number of allylic oxidation sites excluding steroid dienone is 3. The number of hydrogen-bond donors (Lipinski definition) is 4. The van der Waals surface area contributed by atoms with Crippen LogP contribution < -0.4 is 10.6 Å². The molecule has 9 nitrogen and oxygen atoms in total. The average molecular weight is 520 g/mol. The summed E-state index contributed by atoms with van der Waals surface area (Å²) in [6.45, 7) is 3.73. The third-order valence-corrected chi connectivity index (χ3v) is 6.33. The predicted molar refractivity (Wildman–Crippen MR) is 144 cm³/mol. The van der Waals surface area contributed by atoms with Crippen molar-refractivity contribution in [3.63, 3.8) is 0 Å². The smallest absolute Gasteiger partial charge is 0.282 e. The number of nitrogens with one attached hydrogen (secondary N) is 2. The Morgan fingerprint density at radius 1 is 1.11 bits per heavy atom. The van der Waals surface area contributed by atoms with Crippen LogP contribution in [0.2, 0.25) is 0 Å². The maximum Gasteiger partial charge on any atom is 0.282 e. The number of para-hydroxylation sites is 1. The van der Waals surface area contributed by atoms with Crippen LogP contribution in [-0.2, 0) is 11.2 Å². The van der Waals surface area contributed by atoms with E-state index in [-0.39, 0.29) is 30.1 Å². The molecule has 0 fully saturated rings. The van der Waals surface area contributed by atoms with Crippen molar-refractivity contribution in [2.24, 2.45) is 5.92 Å². The van der Waals surface area contributed by atoms with Crippen LogP contribution in [-0.4, -0.2) is 51.7 Å². The maximum atomic E-state index is 13.4. The number of aliphatic hydroxyl groups excluding tert-OH is 2. The van der Waals surface area contributed by atoms with Crippen LogP contribution in [0.1, 0.15) is 35.2 Å². The van der Waals surface area contributed by atoms with Crippen molar-refractivity contribution in [2.45, 2.75) is 43.9 Å². The first kappa shape index (κ1) is 28.5. The van der Waals surface area contributed by atoms with E-state index in [0.29, 0.717) is 19.3 Å². The number of nitrogens with zero attached hydrogens (tertiary/aromatic N) is 1. The fraction of sp³-hybridized carbons (Fsp3) is 0.310. The zero-order valence-electron chi connectivity index (χ0n) is 21.0. The second kappa shape index (κ2) is 14.0. The average Bonchev–Trinajstić information content (AvgIpc) is 2.97. The van der Waals surface area contributed by atoms with E-state index in [0.717, 1.165) is 11.1 Å². The molecular weight excluding hydrogens is 486 g/mol. The summed E-state index contributed by atoms with van der Waals surface area (Å²) in [5.74, 6) is -1.66. The molecule has 3 rings (SSSR count). The molecule has 38 heavy (non-hydrogen) atoms. The van der Waals surface area contributed by atoms with Crippen molar-refractivity contribution in [3.8, 4) is 0 Å². The van der Waals surface area contributed by atoms with Crippen LogP contribution in [0.25, 0.3) is 0 Å². The minimum absolute atomic E-state index is 0.0325. The quantitative estimate of drug-likeness (QED) is 0.280. The van der Waals surface area contributed by atoms with Gasteiger partial charge in [-0.15, -0.1) is 0 Å². The van der Waals surface area contributed by atoms with Crippen molar-refractivity contribution in [1.29, 1.82) is 0 Å². The molecule has 0 radical (unpaired) electrons. The third kappa shape index (κ3) is 8.50. The van der Waals surface area contributed by atoms with Gasteiger partial charge < -0.3 is 20.8 Å². The van der Waals surface area contributed by atoms with Crippen LogP contribution in [0.3, 0.4) is 0 Å². The highest BCUT2D eigenvalue weighted by molar-refractivity contribution is 5.98. The number of nitro groups is 1. The Balaban J connectivity index is 1.68. The molecule has 200 valence electrons. The molecule has 2 aromatic carbocycles. The second-order valence-electron chi connectivity index (χ2n) is 9.33. The van der Waals surface area contributed by atoms with Crippen LogP contribution in [0.5, 0.6) is 0 Å².